The van der Waals surface area contributed by atoms with Crippen LogP contribution in [0.4, 0.5) is 0 Å². The van der Waals surface area contributed by atoms with Gasteiger partial charge >= 0.3 is 0 Å². The third kappa shape index (κ3) is 4.25. The normalized spacial score (nSPS) is 16.1. The summed E-state index contributed by atoms with van der Waals surface area (Å²) in [5.41, 5.74) is 4.16. The Kier molecular flexibility index (Phi) is 5.94. The summed E-state index contributed by atoms with van der Waals surface area (Å²) in [5.74, 6) is 0.0814. The lowest BCUT2D eigenvalue weighted by Gasteiger charge is -2.25. The monoisotopic (exact) mass is 370 g/mol. The van der Waals surface area contributed by atoms with Crippen LogP contribution in [0.3, 0.4) is 0 Å². The Morgan fingerprint density at radius 1 is 1.23 bits per heavy atom. The molecule has 0 spiro atoms. The molecule has 1 aliphatic rings. The van der Waals surface area contributed by atoms with E-state index in [0.717, 1.165) is 16.8 Å². The first-order chi connectivity index (χ1) is 12.6. The van der Waals surface area contributed by atoms with Crippen LogP contribution in [-0.2, 0) is 16.2 Å². The topological polar surface area (TPSA) is 41.9 Å². The lowest BCUT2D eigenvalue weighted by atomic mass is 10.00. The van der Waals surface area contributed by atoms with Crippen LogP contribution in [0.25, 0.3) is 0 Å². The van der Waals surface area contributed by atoms with Crippen molar-refractivity contribution in [3.8, 4) is 0 Å². The Hall–Kier alpha value is -2.33. The number of hydrogen-bond donors (Lipinski definition) is 0. The van der Waals surface area contributed by atoms with Gasteiger partial charge < -0.3 is 9.74 Å². The van der Waals surface area contributed by atoms with Gasteiger partial charge in [-0.05, 0) is 24.1 Å². The molecule has 0 radical (unpaired) electrons. The molecule has 1 atom stereocenters. The average Bonchev–Trinajstić information content (AvgIpc) is 3.11. The Morgan fingerprint density at radius 2 is 1.96 bits per heavy atom. The number of nitrogens with zero attached hydrogens (tertiary/aromatic N) is 2. The molecule has 1 aliphatic heterocycles. The van der Waals surface area contributed by atoms with Crippen LogP contribution < -0.4 is 0 Å². The van der Waals surface area contributed by atoms with E-state index in [9.17, 15) is 4.79 Å². The number of oxime groups is 1. The molecule has 2 aromatic carbocycles. The largest absolute Gasteiger partial charge is 0.390 e. The minimum Gasteiger partial charge on any atom is -0.390 e. The standard InChI is InChI=1S/C21H23ClN2O2/c1-3-21(25)24(13-16-9-5-7-11-19(16)22)14-17-12-20(23-26-17)18-10-6-4-8-15(18)2/h4-11,17H,3,12-14H2,1-2H3/t17-/m0/s1. The highest BCUT2D eigenvalue weighted by Gasteiger charge is 2.27. The van der Waals surface area contributed by atoms with Gasteiger partial charge in [0.15, 0.2) is 6.10 Å². The van der Waals surface area contributed by atoms with Crippen LogP contribution in [0.1, 0.15) is 36.5 Å². The number of carbonyl (C=O) groups excluding carboxylic acids is 1. The fourth-order valence-electron chi connectivity index (χ4n) is 3.14. The second-order valence-corrected chi connectivity index (χ2v) is 6.91. The lowest BCUT2D eigenvalue weighted by molar-refractivity contribution is -0.133. The number of benzene rings is 2. The molecule has 136 valence electrons. The maximum Gasteiger partial charge on any atom is 0.222 e. The number of rotatable bonds is 6. The van der Waals surface area contributed by atoms with Crippen molar-refractivity contribution in [2.24, 2.45) is 5.16 Å². The molecule has 0 unspecified atom stereocenters. The van der Waals surface area contributed by atoms with Gasteiger partial charge in [-0.25, -0.2) is 0 Å². The highest BCUT2D eigenvalue weighted by Crippen LogP contribution is 2.22. The number of aryl methyl sites for hydroxylation is 1. The van der Waals surface area contributed by atoms with Crippen molar-refractivity contribution in [2.45, 2.75) is 39.3 Å². The molecule has 3 rings (SSSR count). The van der Waals surface area contributed by atoms with Gasteiger partial charge in [-0.2, -0.15) is 0 Å². The zero-order chi connectivity index (χ0) is 18.5. The molecule has 4 nitrogen and oxygen atoms in total. The highest BCUT2D eigenvalue weighted by molar-refractivity contribution is 6.31. The Morgan fingerprint density at radius 3 is 2.69 bits per heavy atom. The van der Waals surface area contributed by atoms with Crippen molar-refractivity contribution in [1.82, 2.24) is 4.90 Å². The average molecular weight is 371 g/mol. The summed E-state index contributed by atoms with van der Waals surface area (Å²) in [7, 11) is 0. The van der Waals surface area contributed by atoms with E-state index in [1.54, 1.807) is 0 Å². The molecule has 26 heavy (non-hydrogen) atoms. The third-order valence-electron chi connectivity index (χ3n) is 4.59. The maximum atomic E-state index is 12.4. The van der Waals surface area contributed by atoms with E-state index in [4.69, 9.17) is 16.4 Å². The fourth-order valence-corrected chi connectivity index (χ4v) is 3.33. The summed E-state index contributed by atoms with van der Waals surface area (Å²) in [6.07, 6.45) is 1.01. The van der Waals surface area contributed by atoms with Gasteiger partial charge in [0.1, 0.15) is 0 Å². The van der Waals surface area contributed by atoms with Crippen molar-refractivity contribution in [3.05, 3.63) is 70.2 Å². The van der Waals surface area contributed by atoms with Gasteiger partial charge in [-0.1, -0.05) is 66.1 Å². The molecule has 0 N–H and O–H groups in total. The number of carbonyl (C=O) groups is 1. The summed E-state index contributed by atoms with van der Waals surface area (Å²) < 4.78 is 0. The molecule has 1 heterocycles. The second kappa shape index (κ2) is 8.37. The second-order valence-electron chi connectivity index (χ2n) is 6.50. The fraction of sp³-hybridized carbons (Fsp3) is 0.333. The zero-order valence-corrected chi connectivity index (χ0v) is 15.9. The summed E-state index contributed by atoms with van der Waals surface area (Å²) in [4.78, 5) is 19.8. The molecule has 5 heteroatoms. The molecular weight excluding hydrogens is 348 g/mol. The van der Waals surface area contributed by atoms with Gasteiger partial charge in [-0.15, -0.1) is 0 Å². The van der Waals surface area contributed by atoms with Gasteiger partial charge in [0.25, 0.3) is 0 Å². The number of hydrogen-bond acceptors (Lipinski definition) is 3. The van der Waals surface area contributed by atoms with Gasteiger partial charge in [0.2, 0.25) is 5.91 Å². The zero-order valence-electron chi connectivity index (χ0n) is 15.1. The van der Waals surface area contributed by atoms with E-state index in [1.807, 2.05) is 48.2 Å². The van der Waals surface area contributed by atoms with Crippen molar-refractivity contribution < 1.29 is 9.63 Å². The van der Waals surface area contributed by atoms with Crippen molar-refractivity contribution in [2.75, 3.05) is 6.54 Å². The van der Waals surface area contributed by atoms with E-state index in [2.05, 4.69) is 24.2 Å². The molecule has 0 aromatic heterocycles. The third-order valence-corrected chi connectivity index (χ3v) is 4.96. The van der Waals surface area contributed by atoms with E-state index >= 15 is 0 Å². The molecule has 0 fully saturated rings. The van der Waals surface area contributed by atoms with Crippen molar-refractivity contribution in [3.63, 3.8) is 0 Å². The van der Waals surface area contributed by atoms with E-state index in [1.165, 1.54) is 5.56 Å². The Balaban J connectivity index is 1.68. The maximum absolute atomic E-state index is 12.4. The minimum absolute atomic E-state index is 0.0814. The quantitative estimate of drug-likeness (QED) is 0.746. The van der Waals surface area contributed by atoms with E-state index in [-0.39, 0.29) is 12.0 Å². The number of halogens is 1. The first-order valence-electron chi connectivity index (χ1n) is 8.88. The molecule has 2 aromatic rings. The predicted octanol–water partition coefficient (Wildman–Crippen LogP) is 4.58. The molecular formula is C21H23ClN2O2. The van der Waals surface area contributed by atoms with Crippen LogP contribution in [0, 0.1) is 6.92 Å². The number of amides is 1. The minimum atomic E-state index is -0.136. The van der Waals surface area contributed by atoms with Crippen LogP contribution in [0.2, 0.25) is 5.02 Å². The molecule has 0 saturated heterocycles. The summed E-state index contributed by atoms with van der Waals surface area (Å²) >= 11 is 6.26. The van der Waals surface area contributed by atoms with E-state index < -0.39 is 0 Å². The smallest absolute Gasteiger partial charge is 0.222 e. The van der Waals surface area contributed by atoms with Crippen LogP contribution >= 0.6 is 11.6 Å². The molecule has 0 aliphatic carbocycles. The summed E-state index contributed by atoms with van der Waals surface area (Å²) in [6.45, 7) is 4.91. The van der Waals surface area contributed by atoms with Gasteiger partial charge in [-0.3, -0.25) is 4.79 Å². The lowest BCUT2D eigenvalue weighted by Crippen LogP contribution is -2.37. The molecule has 0 saturated carbocycles. The van der Waals surface area contributed by atoms with Crippen molar-refractivity contribution in [1.29, 1.82) is 0 Å². The summed E-state index contributed by atoms with van der Waals surface area (Å²) in [6, 6.07) is 15.7. The van der Waals surface area contributed by atoms with Crippen LogP contribution in [0.15, 0.2) is 53.7 Å². The SMILES string of the molecule is CCC(=O)N(Cc1ccccc1Cl)C[C@@H]1CC(c2ccccc2C)=NO1. The predicted molar refractivity (Wildman–Crippen MR) is 104 cm³/mol. The van der Waals surface area contributed by atoms with E-state index in [0.29, 0.717) is 31.0 Å². The molecule has 1 amide bonds. The Bertz CT molecular complexity index is 819. The molecule has 0 bridgehead atoms. The first-order valence-corrected chi connectivity index (χ1v) is 9.26. The summed E-state index contributed by atoms with van der Waals surface area (Å²) in [5, 5.41) is 4.94. The van der Waals surface area contributed by atoms with Crippen molar-refractivity contribution >= 4 is 23.2 Å². The first kappa shape index (κ1) is 18.5. The Labute approximate surface area is 159 Å². The van der Waals surface area contributed by atoms with Crippen LogP contribution in [-0.4, -0.2) is 29.2 Å². The van der Waals surface area contributed by atoms with Gasteiger partial charge in [0.05, 0.1) is 12.3 Å². The van der Waals surface area contributed by atoms with Crippen LogP contribution in [0.5, 0.6) is 0 Å². The van der Waals surface area contributed by atoms with Gasteiger partial charge in [0, 0.05) is 30.0 Å². The highest BCUT2D eigenvalue weighted by atomic mass is 35.5.